The average Bonchev–Trinajstić information content (AvgIpc) is 3.03. The van der Waals surface area contributed by atoms with Gasteiger partial charge >= 0.3 is 0 Å². The molecule has 1 amide bonds. The average molecular weight is 339 g/mol. The fourth-order valence-corrected chi connectivity index (χ4v) is 3.15. The first-order valence-corrected chi connectivity index (χ1v) is 8.38. The van der Waals surface area contributed by atoms with E-state index in [-0.39, 0.29) is 18.9 Å². The number of amides is 1. The van der Waals surface area contributed by atoms with E-state index in [1.807, 2.05) is 30.5 Å². The number of aryl methyl sites for hydroxylation is 1. The lowest BCUT2D eigenvalue weighted by Crippen LogP contribution is -2.16. The molecule has 5 nitrogen and oxygen atoms in total. The highest BCUT2D eigenvalue weighted by molar-refractivity contribution is 7.13. The lowest BCUT2D eigenvalue weighted by atomic mass is 10.1. The minimum Gasteiger partial charge on any atom is -0.392 e. The van der Waals surface area contributed by atoms with Gasteiger partial charge in [-0.1, -0.05) is 23.8 Å². The van der Waals surface area contributed by atoms with E-state index in [0.717, 1.165) is 16.3 Å². The maximum Gasteiger partial charge on any atom is 0.230 e. The molecular weight excluding hydrogens is 322 g/mol. The molecule has 0 saturated heterocycles. The quantitative estimate of drug-likeness (QED) is 0.748. The van der Waals surface area contributed by atoms with Gasteiger partial charge in [-0.15, -0.1) is 11.3 Å². The van der Waals surface area contributed by atoms with E-state index in [1.165, 1.54) is 23.1 Å². The maximum atomic E-state index is 12.2. The van der Waals surface area contributed by atoms with Crippen LogP contribution in [0.25, 0.3) is 10.6 Å². The highest BCUT2D eigenvalue weighted by Crippen LogP contribution is 2.24. The van der Waals surface area contributed by atoms with Crippen LogP contribution in [0.2, 0.25) is 0 Å². The lowest BCUT2D eigenvalue weighted by Gasteiger charge is -2.07. The van der Waals surface area contributed by atoms with Gasteiger partial charge in [-0.3, -0.25) is 9.78 Å². The molecule has 0 aliphatic rings. The smallest absolute Gasteiger partial charge is 0.230 e. The van der Waals surface area contributed by atoms with Gasteiger partial charge in [0.15, 0.2) is 0 Å². The predicted octanol–water partition coefficient (Wildman–Crippen LogP) is 3.19. The van der Waals surface area contributed by atoms with Gasteiger partial charge in [0, 0.05) is 22.7 Å². The summed E-state index contributed by atoms with van der Waals surface area (Å²) in [4.78, 5) is 20.7. The second kappa shape index (κ2) is 7.33. The van der Waals surface area contributed by atoms with Gasteiger partial charge in [-0.25, -0.2) is 4.98 Å². The number of hydrogen-bond donors (Lipinski definition) is 2. The number of benzene rings is 1. The van der Waals surface area contributed by atoms with Crippen molar-refractivity contribution in [1.29, 1.82) is 0 Å². The number of carbonyl (C=O) groups excluding carboxylic acids is 1. The molecule has 2 aromatic heterocycles. The third-order valence-electron chi connectivity index (χ3n) is 3.51. The van der Waals surface area contributed by atoms with Crippen molar-refractivity contribution < 1.29 is 9.90 Å². The summed E-state index contributed by atoms with van der Waals surface area (Å²) in [7, 11) is 0. The van der Waals surface area contributed by atoms with Crippen LogP contribution in [0.1, 0.15) is 16.8 Å². The van der Waals surface area contributed by atoms with Gasteiger partial charge in [0.1, 0.15) is 5.01 Å². The molecule has 6 heteroatoms. The van der Waals surface area contributed by atoms with E-state index in [1.54, 1.807) is 12.3 Å². The first kappa shape index (κ1) is 16.3. The summed E-state index contributed by atoms with van der Waals surface area (Å²) >= 11 is 1.52. The second-order valence-electron chi connectivity index (χ2n) is 5.43. The third kappa shape index (κ3) is 3.84. The number of rotatable bonds is 5. The molecule has 0 aliphatic heterocycles. The topological polar surface area (TPSA) is 75.1 Å². The summed E-state index contributed by atoms with van der Waals surface area (Å²) in [6.45, 7) is 1.89. The SMILES string of the molecule is Cc1cccc(-c2nc(CC(=O)Nc3cnccc3CO)cs2)c1. The van der Waals surface area contributed by atoms with Crippen molar-refractivity contribution in [2.45, 2.75) is 20.0 Å². The summed E-state index contributed by atoms with van der Waals surface area (Å²) in [5.74, 6) is -0.182. The molecule has 122 valence electrons. The van der Waals surface area contributed by atoms with E-state index >= 15 is 0 Å². The van der Waals surface area contributed by atoms with Crippen molar-refractivity contribution in [2.75, 3.05) is 5.32 Å². The molecule has 0 spiro atoms. The Labute approximate surface area is 144 Å². The molecule has 0 atom stereocenters. The normalized spacial score (nSPS) is 10.6. The minimum absolute atomic E-state index is 0.146. The summed E-state index contributed by atoms with van der Waals surface area (Å²) in [6, 6.07) is 9.80. The number of carbonyl (C=O) groups is 1. The van der Waals surface area contributed by atoms with Gasteiger partial charge in [-0.2, -0.15) is 0 Å². The van der Waals surface area contributed by atoms with E-state index in [9.17, 15) is 9.90 Å². The number of aromatic nitrogens is 2. The Balaban J connectivity index is 1.69. The Morgan fingerprint density at radius 3 is 3.00 bits per heavy atom. The molecule has 0 fully saturated rings. The van der Waals surface area contributed by atoms with Crippen molar-refractivity contribution in [1.82, 2.24) is 9.97 Å². The Bertz CT molecular complexity index is 861. The summed E-state index contributed by atoms with van der Waals surface area (Å²) in [5.41, 5.74) is 4.12. The van der Waals surface area contributed by atoms with Crippen LogP contribution in [0.15, 0.2) is 48.1 Å². The Kier molecular flexibility index (Phi) is 4.98. The van der Waals surface area contributed by atoms with Crippen LogP contribution in [-0.4, -0.2) is 21.0 Å². The maximum absolute atomic E-state index is 12.2. The van der Waals surface area contributed by atoms with Crippen LogP contribution in [0.5, 0.6) is 0 Å². The molecule has 3 rings (SSSR count). The van der Waals surface area contributed by atoms with Crippen LogP contribution < -0.4 is 5.32 Å². The zero-order chi connectivity index (χ0) is 16.9. The molecule has 2 heterocycles. The number of hydrogen-bond acceptors (Lipinski definition) is 5. The fraction of sp³-hybridized carbons (Fsp3) is 0.167. The first-order valence-electron chi connectivity index (χ1n) is 7.51. The Morgan fingerprint density at radius 2 is 2.21 bits per heavy atom. The monoisotopic (exact) mass is 339 g/mol. The third-order valence-corrected chi connectivity index (χ3v) is 4.45. The van der Waals surface area contributed by atoms with Crippen molar-refractivity contribution in [3.63, 3.8) is 0 Å². The van der Waals surface area contributed by atoms with Gasteiger partial charge in [0.05, 0.1) is 30.6 Å². The van der Waals surface area contributed by atoms with Gasteiger partial charge in [-0.05, 0) is 19.1 Å². The number of thiazole rings is 1. The molecule has 0 radical (unpaired) electrons. The molecule has 3 aromatic rings. The number of aliphatic hydroxyl groups excluding tert-OH is 1. The molecule has 0 aliphatic carbocycles. The highest BCUT2D eigenvalue weighted by atomic mass is 32.1. The zero-order valence-corrected chi connectivity index (χ0v) is 14.0. The van der Waals surface area contributed by atoms with Gasteiger partial charge < -0.3 is 10.4 Å². The number of pyridine rings is 1. The highest BCUT2D eigenvalue weighted by Gasteiger charge is 2.11. The molecule has 0 bridgehead atoms. The number of nitrogens with zero attached hydrogens (tertiary/aromatic N) is 2. The molecule has 2 N–H and O–H groups in total. The van der Waals surface area contributed by atoms with Crippen LogP contribution in [0.3, 0.4) is 0 Å². The van der Waals surface area contributed by atoms with Crippen LogP contribution in [0, 0.1) is 6.92 Å². The van der Waals surface area contributed by atoms with Crippen molar-refractivity contribution in [3.05, 3.63) is 64.9 Å². The Hall–Kier alpha value is -2.57. The fourth-order valence-electron chi connectivity index (χ4n) is 2.33. The molecule has 24 heavy (non-hydrogen) atoms. The number of anilines is 1. The van der Waals surface area contributed by atoms with Crippen LogP contribution in [-0.2, 0) is 17.8 Å². The molecule has 0 unspecified atom stereocenters. The Morgan fingerprint density at radius 1 is 1.33 bits per heavy atom. The lowest BCUT2D eigenvalue weighted by molar-refractivity contribution is -0.115. The summed E-state index contributed by atoms with van der Waals surface area (Å²) in [6.07, 6.45) is 3.29. The van der Waals surface area contributed by atoms with Crippen LogP contribution >= 0.6 is 11.3 Å². The van der Waals surface area contributed by atoms with Gasteiger partial charge in [0.2, 0.25) is 5.91 Å². The molecule has 0 saturated carbocycles. The van der Waals surface area contributed by atoms with E-state index in [4.69, 9.17) is 0 Å². The van der Waals surface area contributed by atoms with Gasteiger partial charge in [0.25, 0.3) is 0 Å². The predicted molar refractivity (Wildman–Crippen MR) is 94.8 cm³/mol. The largest absolute Gasteiger partial charge is 0.392 e. The molecular formula is C18H17N3O2S. The van der Waals surface area contributed by atoms with E-state index in [2.05, 4.69) is 21.4 Å². The molecule has 1 aromatic carbocycles. The van der Waals surface area contributed by atoms with E-state index in [0.29, 0.717) is 11.3 Å². The van der Waals surface area contributed by atoms with Crippen LogP contribution in [0.4, 0.5) is 5.69 Å². The summed E-state index contributed by atoms with van der Waals surface area (Å²) in [5, 5.41) is 14.9. The zero-order valence-electron chi connectivity index (χ0n) is 13.2. The van der Waals surface area contributed by atoms with E-state index < -0.39 is 0 Å². The number of nitrogens with one attached hydrogen (secondary N) is 1. The number of aliphatic hydroxyl groups is 1. The van der Waals surface area contributed by atoms with Crippen molar-refractivity contribution >= 4 is 22.9 Å². The van der Waals surface area contributed by atoms with Crippen molar-refractivity contribution in [2.24, 2.45) is 0 Å². The second-order valence-corrected chi connectivity index (χ2v) is 6.29. The minimum atomic E-state index is -0.182. The summed E-state index contributed by atoms with van der Waals surface area (Å²) < 4.78 is 0. The van der Waals surface area contributed by atoms with Crippen molar-refractivity contribution in [3.8, 4) is 10.6 Å². The standard InChI is InChI=1S/C18H17N3O2S/c1-12-3-2-4-13(7-12)18-20-15(11-24-18)8-17(23)21-16-9-19-6-5-14(16)10-22/h2-7,9,11,22H,8,10H2,1H3,(H,21,23). The first-order chi connectivity index (χ1) is 11.7.